The molecule has 92 valence electrons. The smallest absolute Gasteiger partial charge is 0.252 e. The van der Waals surface area contributed by atoms with Crippen LogP contribution < -0.4 is 5.73 Å². The Morgan fingerprint density at radius 3 is 2.47 bits per heavy atom. The number of hydrogen-bond donors (Lipinski definition) is 1. The van der Waals surface area contributed by atoms with E-state index in [2.05, 4.69) is 5.10 Å². The zero-order valence-electron chi connectivity index (χ0n) is 10.4. The first-order valence-corrected chi connectivity index (χ1v) is 5.60. The average molecular weight is 234 g/mol. The zero-order valence-corrected chi connectivity index (χ0v) is 10.4. The molecule has 1 amide bonds. The summed E-state index contributed by atoms with van der Waals surface area (Å²) in [4.78, 5) is 11.1. The van der Waals surface area contributed by atoms with Crippen molar-refractivity contribution in [1.29, 1.82) is 0 Å². The molecule has 0 saturated heterocycles. The molecule has 5 heteroatoms. The molecule has 0 unspecified atom stereocenters. The molecule has 0 saturated carbocycles. The van der Waals surface area contributed by atoms with Crippen molar-refractivity contribution < 1.29 is 4.79 Å². The molecule has 0 aliphatic carbocycles. The largest absolute Gasteiger partial charge is 0.365 e. The van der Waals surface area contributed by atoms with E-state index in [1.165, 1.54) is 6.20 Å². The van der Waals surface area contributed by atoms with Crippen LogP contribution >= 0.6 is 0 Å². The molecule has 0 aromatic carbocycles. The number of aromatic nitrogens is 3. The maximum absolute atomic E-state index is 11.1. The summed E-state index contributed by atoms with van der Waals surface area (Å²) in [6.07, 6.45) is 5.36. The molecular formula is C12H18N4O. The van der Waals surface area contributed by atoms with Crippen molar-refractivity contribution in [2.24, 2.45) is 12.8 Å². The standard InChI is InChI=1S/C10H12N4O.C2H6/c1-13-9(7-14-4-2-3-5-14)8(6-12-13)10(11)15;1-2/h2-6H,7H2,1H3,(H2,11,15);1-2H3. The molecule has 17 heavy (non-hydrogen) atoms. The Morgan fingerprint density at radius 1 is 1.35 bits per heavy atom. The van der Waals surface area contributed by atoms with E-state index in [0.29, 0.717) is 12.1 Å². The van der Waals surface area contributed by atoms with Crippen LogP contribution in [0.3, 0.4) is 0 Å². The predicted octanol–water partition coefficient (Wildman–Crippen LogP) is 1.39. The highest BCUT2D eigenvalue weighted by atomic mass is 16.1. The number of nitrogens with two attached hydrogens (primary N) is 1. The Hall–Kier alpha value is -2.04. The summed E-state index contributed by atoms with van der Waals surface area (Å²) in [5, 5.41) is 4.02. The van der Waals surface area contributed by atoms with Gasteiger partial charge in [0.15, 0.2) is 0 Å². The monoisotopic (exact) mass is 234 g/mol. The van der Waals surface area contributed by atoms with E-state index in [0.717, 1.165) is 5.69 Å². The molecule has 2 heterocycles. The van der Waals surface area contributed by atoms with Gasteiger partial charge in [-0.3, -0.25) is 9.48 Å². The third-order valence-corrected chi connectivity index (χ3v) is 2.33. The molecular weight excluding hydrogens is 216 g/mol. The van der Waals surface area contributed by atoms with Gasteiger partial charge in [0, 0.05) is 19.4 Å². The van der Waals surface area contributed by atoms with Gasteiger partial charge in [-0.25, -0.2) is 0 Å². The van der Waals surface area contributed by atoms with E-state index in [1.54, 1.807) is 11.7 Å². The first-order chi connectivity index (χ1) is 8.18. The fourth-order valence-electron chi connectivity index (χ4n) is 1.50. The third kappa shape index (κ3) is 2.96. The molecule has 0 bridgehead atoms. The normalized spacial score (nSPS) is 9.59. The maximum atomic E-state index is 11.1. The molecule has 2 N–H and O–H groups in total. The molecule has 0 radical (unpaired) electrons. The first-order valence-electron chi connectivity index (χ1n) is 5.60. The van der Waals surface area contributed by atoms with Crippen LogP contribution in [0.1, 0.15) is 29.9 Å². The number of amides is 1. The van der Waals surface area contributed by atoms with Gasteiger partial charge in [0.1, 0.15) is 0 Å². The van der Waals surface area contributed by atoms with Crippen molar-refractivity contribution in [3.63, 3.8) is 0 Å². The van der Waals surface area contributed by atoms with Gasteiger partial charge in [0.05, 0.1) is 24.0 Å². The van der Waals surface area contributed by atoms with Gasteiger partial charge in [-0.1, -0.05) is 13.8 Å². The summed E-state index contributed by atoms with van der Waals surface area (Å²) < 4.78 is 3.63. The quantitative estimate of drug-likeness (QED) is 0.872. The molecule has 0 aliphatic heterocycles. The lowest BCUT2D eigenvalue weighted by molar-refractivity contribution is 0.0999. The van der Waals surface area contributed by atoms with Gasteiger partial charge in [0.2, 0.25) is 0 Å². The van der Waals surface area contributed by atoms with Gasteiger partial charge < -0.3 is 10.3 Å². The minimum absolute atomic E-state index is 0.440. The van der Waals surface area contributed by atoms with E-state index in [1.807, 2.05) is 42.9 Å². The number of carbonyl (C=O) groups excluding carboxylic acids is 1. The molecule has 0 fully saturated rings. The topological polar surface area (TPSA) is 65.8 Å². The van der Waals surface area contributed by atoms with Gasteiger partial charge >= 0.3 is 0 Å². The molecule has 2 rings (SSSR count). The second-order valence-electron chi connectivity index (χ2n) is 3.35. The van der Waals surface area contributed by atoms with Crippen LogP contribution in [-0.4, -0.2) is 20.3 Å². The van der Waals surface area contributed by atoms with Gasteiger partial charge in [0.25, 0.3) is 5.91 Å². The van der Waals surface area contributed by atoms with E-state index >= 15 is 0 Å². The zero-order chi connectivity index (χ0) is 12.8. The molecule has 0 spiro atoms. The van der Waals surface area contributed by atoms with E-state index in [4.69, 9.17) is 5.73 Å². The van der Waals surface area contributed by atoms with Crippen molar-refractivity contribution in [1.82, 2.24) is 14.3 Å². The highest BCUT2D eigenvalue weighted by molar-refractivity contribution is 5.93. The Kier molecular flexibility index (Phi) is 4.51. The Balaban J connectivity index is 0.000000686. The Morgan fingerprint density at radius 2 is 1.94 bits per heavy atom. The minimum Gasteiger partial charge on any atom is -0.365 e. The summed E-state index contributed by atoms with van der Waals surface area (Å²) in [5.74, 6) is -0.440. The molecule has 2 aromatic rings. The average Bonchev–Trinajstić information content (AvgIpc) is 2.93. The summed E-state index contributed by atoms with van der Waals surface area (Å²) in [7, 11) is 1.80. The second kappa shape index (κ2) is 5.89. The number of carbonyl (C=O) groups is 1. The number of nitrogens with zero attached hydrogens (tertiary/aromatic N) is 3. The maximum Gasteiger partial charge on any atom is 0.252 e. The molecule has 5 nitrogen and oxygen atoms in total. The predicted molar refractivity (Wildman–Crippen MR) is 66.6 cm³/mol. The van der Waals surface area contributed by atoms with Crippen LogP contribution in [0.15, 0.2) is 30.7 Å². The molecule has 0 aliphatic rings. The number of primary amides is 1. The van der Waals surface area contributed by atoms with E-state index < -0.39 is 5.91 Å². The van der Waals surface area contributed by atoms with Crippen molar-refractivity contribution in [3.8, 4) is 0 Å². The summed E-state index contributed by atoms with van der Waals surface area (Å²) in [6.45, 7) is 4.60. The van der Waals surface area contributed by atoms with Crippen LogP contribution in [0.4, 0.5) is 0 Å². The number of rotatable bonds is 3. The van der Waals surface area contributed by atoms with Crippen molar-refractivity contribution in [3.05, 3.63) is 42.0 Å². The lowest BCUT2D eigenvalue weighted by Gasteiger charge is -2.05. The van der Waals surface area contributed by atoms with Crippen LogP contribution in [0.5, 0.6) is 0 Å². The highest BCUT2D eigenvalue weighted by Crippen LogP contribution is 2.08. The van der Waals surface area contributed by atoms with Crippen LogP contribution in [-0.2, 0) is 13.6 Å². The van der Waals surface area contributed by atoms with E-state index in [-0.39, 0.29) is 0 Å². The number of aryl methyl sites for hydroxylation is 1. The SMILES string of the molecule is CC.Cn1ncc(C(N)=O)c1Cn1cccc1. The van der Waals surface area contributed by atoms with Crippen molar-refractivity contribution in [2.45, 2.75) is 20.4 Å². The minimum atomic E-state index is -0.440. The number of hydrogen-bond acceptors (Lipinski definition) is 2. The Labute approximate surface area is 101 Å². The third-order valence-electron chi connectivity index (χ3n) is 2.33. The van der Waals surface area contributed by atoms with Crippen molar-refractivity contribution in [2.75, 3.05) is 0 Å². The van der Waals surface area contributed by atoms with Gasteiger partial charge in [-0.15, -0.1) is 0 Å². The molecule has 0 atom stereocenters. The van der Waals surface area contributed by atoms with Gasteiger partial charge in [-0.05, 0) is 12.1 Å². The summed E-state index contributed by atoms with van der Waals surface area (Å²) in [5.41, 5.74) is 6.55. The van der Waals surface area contributed by atoms with Crippen molar-refractivity contribution >= 4 is 5.91 Å². The second-order valence-corrected chi connectivity index (χ2v) is 3.35. The van der Waals surface area contributed by atoms with E-state index in [9.17, 15) is 4.79 Å². The summed E-state index contributed by atoms with van der Waals surface area (Å²) in [6, 6.07) is 3.86. The fourth-order valence-corrected chi connectivity index (χ4v) is 1.50. The van der Waals surface area contributed by atoms with Crippen LogP contribution in [0.2, 0.25) is 0 Å². The Bertz CT molecular complexity index is 471. The highest BCUT2D eigenvalue weighted by Gasteiger charge is 2.12. The fraction of sp³-hybridized carbons (Fsp3) is 0.333. The first kappa shape index (κ1) is 13.0. The molecule has 2 aromatic heterocycles. The van der Waals surface area contributed by atoms with Gasteiger partial charge in [-0.2, -0.15) is 5.10 Å². The lowest BCUT2D eigenvalue weighted by Crippen LogP contribution is -2.15. The van der Waals surface area contributed by atoms with Crippen LogP contribution in [0.25, 0.3) is 0 Å². The summed E-state index contributed by atoms with van der Waals surface area (Å²) >= 11 is 0. The lowest BCUT2D eigenvalue weighted by atomic mass is 10.2. The van der Waals surface area contributed by atoms with Crippen LogP contribution in [0, 0.1) is 0 Å².